The van der Waals surface area contributed by atoms with E-state index in [-0.39, 0.29) is 33.7 Å². The van der Waals surface area contributed by atoms with Crippen LogP contribution in [0.15, 0.2) is 8.95 Å². The van der Waals surface area contributed by atoms with Crippen LogP contribution in [0.2, 0.25) is 0 Å². The first kappa shape index (κ1) is 16.4. The summed E-state index contributed by atoms with van der Waals surface area (Å²) in [7, 11) is 0. The zero-order chi connectivity index (χ0) is 17.2. The van der Waals surface area contributed by atoms with Crippen molar-refractivity contribution in [1.82, 2.24) is 4.90 Å². The van der Waals surface area contributed by atoms with Gasteiger partial charge in [-0.25, -0.2) is 0 Å². The molecule has 0 radical (unpaired) electrons. The number of Topliss-reactive ketones (excluding diaryl/α,β-unsaturated/α-hetero) is 1. The lowest BCUT2D eigenvalue weighted by Gasteiger charge is -2.58. The van der Waals surface area contributed by atoms with E-state index in [0.717, 1.165) is 24.0 Å². The quantitative estimate of drug-likeness (QED) is 0.634. The number of halogens is 2. The van der Waals surface area contributed by atoms with Gasteiger partial charge >= 0.3 is 0 Å². The number of likely N-dealkylation sites (tertiary alicyclic amines) is 1. The Hall–Kier alpha value is -1.08. The Balaban J connectivity index is 2.02. The molecule has 2 fully saturated rings. The van der Waals surface area contributed by atoms with Crippen molar-refractivity contribution in [3.63, 3.8) is 0 Å². The van der Waals surface area contributed by atoms with Crippen molar-refractivity contribution in [2.75, 3.05) is 6.54 Å². The Bertz CT molecular complexity index is 766. The minimum Gasteiger partial charge on any atom is -0.506 e. The van der Waals surface area contributed by atoms with Gasteiger partial charge in [-0.1, -0.05) is 0 Å². The third-order valence-corrected chi connectivity index (χ3v) is 7.74. The number of rotatable bonds is 1. The van der Waals surface area contributed by atoms with E-state index in [2.05, 4.69) is 31.9 Å². The number of phenolic OH excluding ortho intramolecular Hbond substituents is 2. The van der Waals surface area contributed by atoms with E-state index in [9.17, 15) is 19.8 Å². The highest BCUT2D eigenvalue weighted by Crippen LogP contribution is 2.60. The van der Waals surface area contributed by atoms with E-state index in [1.165, 1.54) is 0 Å². The summed E-state index contributed by atoms with van der Waals surface area (Å²) in [5.74, 6) is 0.357. The molecule has 3 atom stereocenters. The number of amides is 1. The standard InChI is InChI=1S/C17H17Br2NO4/c18-13-9-5-11-10-2-1-8(22)6-17(10,3-4-20(11)7-21)12(9)15(23)14(19)16(13)24/h7,10-11,23-24H,1-6H2/t10-,11+,17-/m0/s1. The predicted octanol–water partition coefficient (Wildman–Crippen LogP) is 3.02. The van der Waals surface area contributed by atoms with Crippen LogP contribution in [0.25, 0.3) is 0 Å². The highest BCUT2D eigenvalue weighted by molar-refractivity contribution is 9.11. The normalized spacial score (nSPS) is 31.4. The molecule has 1 aliphatic heterocycles. The molecule has 2 bridgehead atoms. The smallest absolute Gasteiger partial charge is 0.209 e. The number of hydrogen-bond acceptors (Lipinski definition) is 4. The highest BCUT2D eigenvalue weighted by Gasteiger charge is 2.57. The lowest BCUT2D eigenvalue weighted by atomic mass is 9.52. The number of fused-ring (bicyclic) bond motifs is 1. The zero-order valence-electron chi connectivity index (χ0n) is 12.9. The second-order valence-electron chi connectivity index (χ2n) is 7.06. The van der Waals surface area contributed by atoms with Crippen molar-refractivity contribution < 1.29 is 19.8 Å². The number of hydrogen-bond donors (Lipinski definition) is 2. The number of aromatic hydroxyl groups is 2. The van der Waals surface area contributed by atoms with Crippen LogP contribution in [-0.2, 0) is 21.4 Å². The first-order valence-corrected chi connectivity index (χ1v) is 9.64. The van der Waals surface area contributed by atoms with Crippen LogP contribution in [0.5, 0.6) is 11.5 Å². The molecule has 24 heavy (non-hydrogen) atoms. The Kier molecular flexibility index (Phi) is 3.73. The lowest BCUT2D eigenvalue weighted by molar-refractivity contribution is -0.132. The van der Waals surface area contributed by atoms with Crippen molar-refractivity contribution in [3.05, 3.63) is 20.1 Å². The molecular formula is C17H17Br2NO4. The van der Waals surface area contributed by atoms with Gasteiger partial charge in [0.1, 0.15) is 21.8 Å². The summed E-state index contributed by atoms with van der Waals surface area (Å²) in [6.45, 7) is 0.590. The van der Waals surface area contributed by atoms with Gasteiger partial charge in [0.25, 0.3) is 0 Å². The molecule has 0 unspecified atom stereocenters. The van der Waals surface area contributed by atoms with E-state index in [1.807, 2.05) is 4.90 Å². The Labute approximate surface area is 156 Å². The average molecular weight is 459 g/mol. The van der Waals surface area contributed by atoms with Gasteiger partial charge in [-0.2, -0.15) is 0 Å². The first-order valence-electron chi connectivity index (χ1n) is 8.05. The second kappa shape index (κ2) is 5.46. The molecule has 1 aromatic carbocycles. The van der Waals surface area contributed by atoms with Gasteiger partial charge < -0.3 is 15.1 Å². The summed E-state index contributed by atoms with van der Waals surface area (Å²) < 4.78 is 0.798. The maximum atomic E-state index is 12.3. The molecule has 1 amide bonds. The van der Waals surface area contributed by atoms with Crippen LogP contribution >= 0.6 is 31.9 Å². The van der Waals surface area contributed by atoms with Crippen molar-refractivity contribution >= 4 is 44.1 Å². The van der Waals surface area contributed by atoms with Crippen LogP contribution in [0.3, 0.4) is 0 Å². The maximum Gasteiger partial charge on any atom is 0.209 e. The number of nitrogens with zero attached hydrogens (tertiary/aromatic N) is 1. The summed E-state index contributed by atoms with van der Waals surface area (Å²) in [6, 6.07) is 0.00752. The van der Waals surface area contributed by atoms with Crippen molar-refractivity contribution in [3.8, 4) is 11.5 Å². The number of phenols is 2. The van der Waals surface area contributed by atoms with E-state index < -0.39 is 5.41 Å². The molecule has 1 heterocycles. The summed E-state index contributed by atoms with van der Waals surface area (Å²) >= 11 is 6.72. The number of carbonyl (C=O) groups excluding carboxylic acids is 2. The van der Waals surface area contributed by atoms with Crippen LogP contribution < -0.4 is 0 Å². The van der Waals surface area contributed by atoms with Gasteiger partial charge in [0, 0.05) is 36.4 Å². The van der Waals surface area contributed by atoms with Crippen LogP contribution in [0, 0.1) is 5.92 Å². The molecule has 1 saturated heterocycles. The topological polar surface area (TPSA) is 77.8 Å². The Morgan fingerprint density at radius 1 is 1.21 bits per heavy atom. The molecule has 5 nitrogen and oxygen atoms in total. The lowest BCUT2D eigenvalue weighted by Crippen LogP contribution is -2.61. The zero-order valence-corrected chi connectivity index (χ0v) is 16.1. The molecule has 2 N–H and O–H groups in total. The Morgan fingerprint density at radius 2 is 1.96 bits per heavy atom. The first-order chi connectivity index (χ1) is 11.4. The van der Waals surface area contributed by atoms with Crippen LogP contribution in [-0.4, -0.2) is 39.9 Å². The van der Waals surface area contributed by atoms with Gasteiger partial charge in [0.2, 0.25) is 6.41 Å². The monoisotopic (exact) mass is 457 g/mol. The summed E-state index contributed by atoms with van der Waals surface area (Å²) in [4.78, 5) is 25.6. The second-order valence-corrected chi connectivity index (χ2v) is 8.65. The molecule has 1 saturated carbocycles. The highest BCUT2D eigenvalue weighted by atomic mass is 79.9. The molecule has 1 aromatic rings. The van der Waals surface area contributed by atoms with Crippen LogP contribution in [0.4, 0.5) is 0 Å². The Morgan fingerprint density at radius 3 is 2.67 bits per heavy atom. The predicted molar refractivity (Wildman–Crippen MR) is 94.1 cm³/mol. The number of ketones is 1. The van der Waals surface area contributed by atoms with Crippen molar-refractivity contribution in [2.45, 2.75) is 43.6 Å². The minimum atomic E-state index is -0.448. The van der Waals surface area contributed by atoms with Gasteiger partial charge in [-0.3, -0.25) is 9.59 Å². The van der Waals surface area contributed by atoms with Crippen LogP contribution in [0.1, 0.15) is 36.8 Å². The summed E-state index contributed by atoms with van der Waals surface area (Å²) in [6.07, 6.45) is 3.79. The van der Waals surface area contributed by atoms with E-state index in [4.69, 9.17) is 0 Å². The van der Waals surface area contributed by atoms with Gasteiger partial charge in [-0.05, 0) is 62.6 Å². The number of piperidine rings is 1. The average Bonchev–Trinajstić information content (AvgIpc) is 2.57. The molecule has 0 aromatic heterocycles. The fourth-order valence-electron chi connectivity index (χ4n) is 5.16. The maximum absolute atomic E-state index is 12.3. The minimum absolute atomic E-state index is 0.00752. The van der Waals surface area contributed by atoms with Gasteiger partial charge in [0.15, 0.2) is 0 Å². The molecule has 7 heteroatoms. The molecule has 0 spiro atoms. The molecule has 2 aliphatic carbocycles. The summed E-state index contributed by atoms with van der Waals surface area (Å²) in [5.41, 5.74) is 1.14. The van der Waals surface area contributed by atoms with Crippen molar-refractivity contribution in [1.29, 1.82) is 0 Å². The van der Waals surface area contributed by atoms with Gasteiger partial charge in [-0.15, -0.1) is 0 Å². The van der Waals surface area contributed by atoms with Gasteiger partial charge in [0.05, 0.1) is 4.47 Å². The van der Waals surface area contributed by atoms with Crippen molar-refractivity contribution in [2.24, 2.45) is 5.92 Å². The molecule has 4 rings (SSSR count). The third kappa shape index (κ3) is 1.97. The summed E-state index contributed by atoms with van der Waals surface area (Å²) in [5, 5.41) is 21.1. The van der Waals surface area contributed by atoms with E-state index >= 15 is 0 Å². The SMILES string of the molecule is O=CN1CC[C@]23CC(=O)CC[C@H]2[C@H]1Cc1c(Br)c(O)c(Br)c(O)c13. The molecule has 128 valence electrons. The number of carbonyl (C=O) groups is 2. The van der Waals surface area contributed by atoms with E-state index in [1.54, 1.807) is 0 Å². The van der Waals surface area contributed by atoms with E-state index in [0.29, 0.717) is 36.7 Å². The third-order valence-electron chi connectivity index (χ3n) is 6.14. The molecule has 3 aliphatic rings. The fraction of sp³-hybridized carbons (Fsp3) is 0.529. The molecular weight excluding hydrogens is 442 g/mol. The fourth-order valence-corrected chi connectivity index (χ4v) is 6.39. The number of benzene rings is 1. The largest absolute Gasteiger partial charge is 0.506 e.